The molecule has 0 aliphatic carbocycles. The maximum absolute atomic E-state index is 13.4. The van der Waals surface area contributed by atoms with E-state index in [0.717, 1.165) is 12.1 Å². The molecule has 29 heavy (non-hydrogen) atoms. The number of hydrogen-bond donors (Lipinski definition) is 1. The average Bonchev–Trinajstić information content (AvgIpc) is 2.64. The number of carbonyl (C=O) groups is 1. The quantitative estimate of drug-likeness (QED) is 0.772. The average molecular weight is 424 g/mol. The van der Waals surface area contributed by atoms with E-state index in [9.17, 15) is 22.0 Å². The molecule has 0 unspecified atom stereocenters. The highest BCUT2D eigenvalue weighted by molar-refractivity contribution is 7.89. The summed E-state index contributed by atoms with van der Waals surface area (Å²) in [6.45, 7) is 1.73. The van der Waals surface area contributed by atoms with E-state index in [1.54, 1.807) is 0 Å². The Balaban J connectivity index is 1.81. The van der Waals surface area contributed by atoms with Gasteiger partial charge in [-0.15, -0.1) is 0 Å². The predicted octanol–water partition coefficient (Wildman–Crippen LogP) is 2.61. The lowest BCUT2D eigenvalue weighted by molar-refractivity contribution is -0.120. The van der Waals surface area contributed by atoms with Crippen LogP contribution in [0.2, 0.25) is 0 Å². The summed E-state index contributed by atoms with van der Waals surface area (Å²) in [5.74, 6) is -1.53. The second kappa shape index (κ2) is 8.46. The fourth-order valence-corrected chi connectivity index (χ4v) is 5.25. The van der Waals surface area contributed by atoms with Gasteiger partial charge in [0.15, 0.2) is 0 Å². The van der Waals surface area contributed by atoms with Gasteiger partial charge in [0.2, 0.25) is 15.9 Å². The lowest BCUT2D eigenvalue weighted by Crippen LogP contribution is -2.49. The van der Waals surface area contributed by atoms with Crippen molar-refractivity contribution in [1.29, 1.82) is 0 Å². The number of amides is 1. The van der Waals surface area contributed by atoms with Crippen molar-refractivity contribution in [3.05, 3.63) is 59.7 Å². The molecule has 0 saturated carbocycles. The van der Waals surface area contributed by atoms with E-state index in [1.165, 1.54) is 41.6 Å². The second-order valence-corrected chi connectivity index (χ2v) is 9.01. The first-order valence-electron chi connectivity index (χ1n) is 9.13. The number of hydrogen-bond acceptors (Lipinski definition) is 4. The molecule has 9 heteroatoms. The third kappa shape index (κ3) is 4.91. The number of halogens is 2. The van der Waals surface area contributed by atoms with Crippen molar-refractivity contribution in [2.45, 2.75) is 30.8 Å². The van der Waals surface area contributed by atoms with Gasteiger partial charge in [-0.25, -0.2) is 17.2 Å². The molecule has 156 valence electrons. The van der Waals surface area contributed by atoms with Crippen LogP contribution < -0.4 is 10.5 Å². The van der Waals surface area contributed by atoms with Crippen LogP contribution in [0.3, 0.4) is 0 Å². The number of sulfonamides is 1. The summed E-state index contributed by atoms with van der Waals surface area (Å²) in [4.78, 5) is 11.6. The standard InChI is InChI=1S/C20H22F2N2O4S/c1-13-10-16(22)4-7-19(13)29(26,27)24-9-8-18(14(12-24)11-20(23)25)28-17-5-2-15(21)3-6-17/h2-7,10,14,18H,8-9,11-12H2,1H3,(H2,23,25)/t14-,18-/m0/s1. The zero-order chi connectivity index (χ0) is 21.2. The third-order valence-corrected chi connectivity index (χ3v) is 6.97. The molecular formula is C20H22F2N2O4S. The van der Waals surface area contributed by atoms with E-state index < -0.39 is 39.6 Å². The van der Waals surface area contributed by atoms with Crippen LogP contribution in [0.25, 0.3) is 0 Å². The number of aryl methyl sites for hydroxylation is 1. The Labute approximate surface area is 168 Å². The van der Waals surface area contributed by atoms with Gasteiger partial charge in [0.25, 0.3) is 0 Å². The fourth-order valence-electron chi connectivity index (χ4n) is 3.53. The molecule has 2 aromatic carbocycles. The summed E-state index contributed by atoms with van der Waals surface area (Å²) in [6.07, 6.45) is -0.177. The predicted molar refractivity (Wildman–Crippen MR) is 103 cm³/mol. The first kappa shape index (κ1) is 21.2. The van der Waals surface area contributed by atoms with Gasteiger partial charge in [-0.3, -0.25) is 4.79 Å². The number of rotatable bonds is 6. The van der Waals surface area contributed by atoms with Gasteiger partial charge in [0.05, 0.1) is 4.90 Å². The summed E-state index contributed by atoms with van der Waals surface area (Å²) in [7, 11) is -3.87. The number of nitrogens with two attached hydrogens (primary N) is 1. The number of primary amides is 1. The van der Waals surface area contributed by atoms with Crippen molar-refractivity contribution in [2.24, 2.45) is 11.7 Å². The summed E-state index contributed by atoms with van der Waals surface area (Å²) in [5.41, 5.74) is 5.66. The Morgan fingerprint density at radius 2 is 1.83 bits per heavy atom. The van der Waals surface area contributed by atoms with Gasteiger partial charge in [0.1, 0.15) is 23.5 Å². The SMILES string of the molecule is Cc1cc(F)ccc1S(=O)(=O)N1CC[C@H](Oc2ccc(F)cc2)[C@@H](CC(N)=O)C1. The molecule has 0 radical (unpaired) electrons. The molecule has 6 nitrogen and oxygen atoms in total. The normalized spacial score (nSPS) is 20.4. The van der Waals surface area contributed by atoms with Gasteiger partial charge >= 0.3 is 0 Å². The lowest BCUT2D eigenvalue weighted by atomic mass is 9.92. The molecule has 1 amide bonds. The topological polar surface area (TPSA) is 89.7 Å². The van der Waals surface area contributed by atoms with E-state index in [0.29, 0.717) is 17.7 Å². The Morgan fingerprint density at radius 1 is 1.17 bits per heavy atom. The van der Waals surface area contributed by atoms with Crippen LogP contribution in [0, 0.1) is 24.5 Å². The summed E-state index contributed by atoms with van der Waals surface area (Å²) < 4.78 is 59.7. The van der Waals surface area contributed by atoms with Crippen molar-refractivity contribution in [2.75, 3.05) is 13.1 Å². The largest absolute Gasteiger partial charge is 0.490 e. The first-order valence-corrected chi connectivity index (χ1v) is 10.6. The molecule has 2 N–H and O–H groups in total. The minimum atomic E-state index is -3.87. The maximum atomic E-state index is 13.4. The Bertz CT molecular complexity index is 996. The fraction of sp³-hybridized carbons (Fsp3) is 0.350. The number of carbonyl (C=O) groups excluding carboxylic acids is 1. The number of ether oxygens (including phenoxy) is 1. The number of benzene rings is 2. The third-order valence-electron chi connectivity index (χ3n) is 4.95. The van der Waals surface area contributed by atoms with Crippen molar-refractivity contribution >= 4 is 15.9 Å². The smallest absolute Gasteiger partial charge is 0.243 e. The lowest BCUT2D eigenvalue weighted by Gasteiger charge is -2.37. The van der Waals surface area contributed by atoms with Gasteiger partial charge in [-0.1, -0.05) is 0 Å². The van der Waals surface area contributed by atoms with Crippen LogP contribution in [0.15, 0.2) is 47.4 Å². The molecular weight excluding hydrogens is 402 g/mol. The molecule has 0 bridgehead atoms. The highest BCUT2D eigenvalue weighted by atomic mass is 32.2. The van der Waals surface area contributed by atoms with Crippen LogP contribution in [0.4, 0.5) is 8.78 Å². The summed E-state index contributed by atoms with van der Waals surface area (Å²) >= 11 is 0. The van der Waals surface area contributed by atoms with Crippen molar-refractivity contribution < 1.29 is 26.7 Å². The first-order chi connectivity index (χ1) is 13.7. The highest BCUT2D eigenvalue weighted by Crippen LogP contribution is 2.30. The Morgan fingerprint density at radius 3 is 2.45 bits per heavy atom. The van der Waals surface area contributed by atoms with E-state index in [1.807, 2.05) is 0 Å². The van der Waals surface area contributed by atoms with E-state index >= 15 is 0 Å². The number of nitrogens with zero attached hydrogens (tertiary/aromatic N) is 1. The molecule has 1 heterocycles. The molecule has 1 fully saturated rings. The Hall–Kier alpha value is -2.52. The van der Waals surface area contributed by atoms with Gasteiger partial charge in [-0.2, -0.15) is 4.31 Å². The molecule has 2 atom stereocenters. The maximum Gasteiger partial charge on any atom is 0.243 e. The number of piperidine rings is 1. The molecule has 3 rings (SSSR count). The van der Waals surface area contributed by atoms with Crippen LogP contribution >= 0.6 is 0 Å². The van der Waals surface area contributed by atoms with Gasteiger partial charge < -0.3 is 10.5 Å². The summed E-state index contributed by atoms with van der Waals surface area (Å²) in [6, 6.07) is 8.97. The van der Waals surface area contributed by atoms with Crippen molar-refractivity contribution in [3.8, 4) is 5.75 Å². The van der Waals surface area contributed by atoms with Gasteiger partial charge in [-0.05, 0) is 61.4 Å². The molecule has 1 aliphatic heterocycles. The van der Waals surface area contributed by atoms with Crippen LogP contribution in [0.1, 0.15) is 18.4 Å². The molecule has 1 aliphatic rings. The van der Waals surface area contributed by atoms with E-state index in [2.05, 4.69) is 0 Å². The Kier molecular flexibility index (Phi) is 6.18. The molecule has 0 aromatic heterocycles. The van der Waals surface area contributed by atoms with E-state index in [-0.39, 0.29) is 24.4 Å². The molecule has 2 aromatic rings. The minimum absolute atomic E-state index is 0.0228. The van der Waals surface area contributed by atoms with Gasteiger partial charge in [0, 0.05) is 25.4 Å². The summed E-state index contributed by atoms with van der Waals surface area (Å²) in [5, 5.41) is 0. The minimum Gasteiger partial charge on any atom is -0.490 e. The zero-order valence-electron chi connectivity index (χ0n) is 15.8. The second-order valence-electron chi connectivity index (χ2n) is 7.10. The van der Waals surface area contributed by atoms with Crippen molar-refractivity contribution in [3.63, 3.8) is 0 Å². The molecule has 0 spiro atoms. The van der Waals surface area contributed by atoms with Crippen LogP contribution in [-0.4, -0.2) is 37.8 Å². The van der Waals surface area contributed by atoms with E-state index in [4.69, 9.17) is 10.5 Å². The van der Waals surface area contributed by atoms with Crippen molar-refractivity contribution in [1.82, 2.24) is 4.31 Å². The monoisotopic (exact) mass is 424 g/mol. The zero-order valence-corrected chi connectivity index (χ0v) is 16.7. The van der Waals surface area contributed by atoms with Crippen LogP contribution in [0.5, 0.6) is 5.75 Å². The molecule has 1 saturated heterocycles. The highest BCUT2D eigenvalue weighted by Gasteiger charge is 2.38. The van der Waals surface area contributed by atoms with Crippen LogP contribution in [-0.2, 0) is 14.8 Å².